The molecule has 142 valence electrons. The molecule has 3 aromatic heterocycles. The number of halogens is 2. The van der Waals surface area contributed by atoms with Gasteiger partial charge >= 0.3 is 0 Å². The zero-order chi connectivity index (χ0) is 19.0. The maximum atomic E-state index is 14.2. The lowest BCUT2D eigenvalue weighted by Gasteiger charge is -2.16. The average molecular weight is 373 g/mol. The molecule has 0 aliphatic carbocycles. The van der Waals surface area contributed by atoms with E-state index in [2.05, 4.69) is 20.6 Å². The number of hydrogen-bond donors (Lipinski definition) is 2. The number of ether oxygens (including phenoxy) is 1. The minimum absolute atomic E-state index is 0.0403. The number of anilines is 1. The molecule has 6 nitrogen and oxygen atoms in total. The number of nitrogens with one attached hydrogen (secondary N) is 2. The van der Waals surface area contributed by atoms with Gasteiger partial charge in [-0.3, -0.25) is 4.40 Å². The number of nitrogens with zero attached hydrogens (tertiary/aromatic N) is 3. The van der Waals surface area contributed by atoms with Gasteiger partial charge in [-0.15, -0.1) is 0 Å². The lowest BCUT2D eigenvalue weighted by atomic mass is 10.2. The second kappa shape index (κ2) is 7.11. The average Bonchev–Trinajstić information content (AvgIpc) is 3.22. The van der Waals surface area contributed by atoms with Gasteiger partial charge in [-0.2, -0.15) is 0 Å². The Morgan fingerprint density at radius 3 is 2.89 bits per heavy atom. The van der Waals surface area contributed by atoms with Crippen molar-refractivity contribution in [2.24, 2.45) is 0 Å². The van der Waals surface area contributed by atoms with Crippen LogP contribution in [0.3, 0.4) is 0 Å². The highest BCUT2D eigenvalue weighted by molar-refractivity contribution is 5.63. The Hall–Kier alpha value is -2.74. The second-order valence-corrected chi connectivity index (χ2v) is 6.85. The van der Waals surface area contributed by atoms with E-state index < -0.39 is 18.0 Å². The number of hydrogen-bond acceptors (Lipinski definition) is 5. The summed E-state index contributed by atoms with van der Waals surface area (Å²) in [6.45, 7) is 4.60. The topological polar surface area (TPSA) is 63.5 Å². The van der Waals surface area contributed by atoms with Crippen molar-refractivity contribution in [3.63, 3.8) is 0 Å². The van der Waals surface area contributed by atoms with Gasteiger partial charge in [-0.05, 0) is 32.0 Å². The van der Waals surface area contributed by atoms with Crippen molar-refractivity contribution in [2.75, 3.05) is 18.4 Å². The van der Waals surface area contributed by atoms with Gasteiger partial charge in [0.1, 0.15) is 17.6 Å². The number of fused-ring (bicyclic) bond motifs is 1. The van der Waals surface area contributed by atoms with Crippen LogP contribution in [0.5, 0.6) is 5.75 Å². The smallest absolute Gasteiger partial charge is 0.165 e. The molecule has 0 spiro atoms. The zero-order valence-electron chi connectivity index (χ0n) is 15.1. The first-order valence-electron chi connectivity index (χ1n) is 8.93. The zero-order valence-corrected chi connectivity index (χ0v) is 15.1. The van der Waals surface area contributed by atoms with Crippen molar-refractivity contribution in [2.45, 2.75) is 32.2 Å². The predicted octanol–water partition coefficient (Wildman–Crippen LogP) is 3.04. The summed E-state index contributed by atoms with van der Waals surface area (Å²) in [6, 6.07) is 6.10. The Labute approximate surface area is 155 Å². The first-order valence-corrected chi connectivity index (χ1v) is 8.93. The fourth-order valence-corrected chi connectivity index (χ4v) is 3.15. The number of pyridine rings is 2. The fourth-order valence-electron chi connectivity index (χ4n) is 3.15. The third-order valence-corrected chi connectivity index (χ3v) is 4.43. The standard InChI is InChI=1S/C19H21F2N5O/c1-11(2)27-12-5-6-26-17(10-23-18(26)7-12)15-4-3-13(20)19(24-15)25-16-9-22-8-14(16)21/h3-7,10-11,14,16,22H,8-9H2,1-2H3,(H,24,25)/t14-,16-/m0/s1. The molecule has 1 aliphatic rings. The summed E-state index contributed by atoms with van der Waals surface area (Å²) in [5.74, 6) is 0.254. The van der Waals surface area contributed by atoms with Crippen LogP contribution in [0, 0.1) is 5.82 Å². The minimum Gasteiger partial charge on any atom is -0.491 e. The Bertz CT molecular complexity index is 958. The van der Waals surface area contributed by atoms with Gasteiger partial charge in [0.15, 0.2) is 11.6 Å². The monoisotopic (exact) mass is 373 g/mol. The molecule has 1 saturated heterocycles. The summed E-state index contributed by atoms with van der Waals surface area (Å²) < 4.78 is 35.5. The van der Waals surface area contributed by atoms with E-state index in [1.807, 2.05) is 36.6 Å². The third-order valence-electron chi connectivity index (χ3n) is 4.43. The molecule has 0 unspecified atom stereocenters. The summed E-state index contributed by atoms with van der Waals surface area (Å²) in [5.41, 5.74) is 1.96. The maximum absolute atomic E-state index is 14.2. The van der Waals surface area contributed by atoms with Crippen LogP contribution in [-0.2, 0) is 0 Å². The molecule has 1 aliphatic heterocycles. The predicted molar refractivity (Wildman–Crippen MR) is 99.3 cm³/mol. The van der Waals surface area contributed by atoms with Crippen LogP contribution in [0.1, 0.15) is 13.8 Å². The highest BCUT2D eigenvalue weighted by Crippen LogP contribution is 2.25. The quantitative estimate of drug-likeness (QED) is 0.720. The van der Waals surface area contributed by atoms with Gasteiger partial charge in [0.25, 0.3) is 0 Å². The van der Waals surface area contributed by atoms with Crippen molar-refractivity contribution in [1.82, 2.24) is 19.7 Å². The van der Waals surface area contributed by atoms with E-state index in [0.717, 1.165) is 5.75 Å². The summed E-state index contributed by atoms with van der Waals surface area (Å²) >= 11 is 0. The number of aromatic nitrogens is 3. The maximum Gasteiger partial charge on any atom is 0.165 e. The lowest BCUT2D eigenvalue weighted by molar-refractivity contribution is 0.242. The van der Waals surface area contributed by atoms with Gasteiger partial charge < -0.3 is 15.4 Å². The molecule has 3 aromatic rings. The van der Waals surface area contributed by atoms with E-state index in [1.165, 1.54) is 6.07 Å². The summed E-state index contributed by atoms with van der Waals surface area (Å²) in [4.78, 5) is 8.75. The molecule has 8 heteroatoms. The molecule has 4 heterocycles. The van der Waals surface area contributed by atoms with Crippen molar-refractivity contribution < 1.29 is 13.5 Å². The van der Waals surface area contributed by atoms with Gasteiger partial charge in [0, 0.05) is 25.4 Å². The Balaban J connectivity index is 1.66. The van der Waals surface area contributed by atoms with Crippen LogP contribution in [0.2, 0.25) is 0 Å². The van der Waals surface area contributed by atoms with E-state index in [-0.39, 0.29) is 18.5 Å². The molecule has 2 atom stereocenters. The van der Waals surface area contributed by atoms with Gasteiger partial charge in [-0.1, -0.05) is 0 Å². The minimum atomic E-state index is -1.08. The van der Waals surface area contributed by atoms with Crippen LogP contribution < -0.4 is 15.4 Å². The normalized spacial score (nSPS) is 19.7. The van der Waals surface area contributed by atoms with Crippen LogP contribution in [0.15, 0.2) is 36.7 Å². The van der Waals surface area contributed by atoms with E-state index in [4.69, 9.17) is 4.74 Å². The summed E-state index contributed by atoms with van der Waals surface area (Å²) in [6.07, 6.45) is 2.50. The Kier molecular flexibility index (Phi) is 4.65. The molecule has 0 saturated carbocycles. The highest BCUT2D eigenvalue weighted by atomic mass is 19.1. The summed E-state index contributed by atoms with van der Waals surface area (Å²) in [7, 11) is 0. The van der Waals surface area contributed by atoms with Crippen LogP contribution >= 0.6 is 0 Å². The molecule has 27 heavy (non-hydrogen) atoms. The van der Waals surface area contributed by atoms with E-state index in [1.54, 1.807) is 12.3 Å². The van der Waals surface area contributed by atoms with Crippen LogP contribution in [0.4, 0.5) is 14.6 Å². The SMILES string of the molecule is CC(C)Oc1ccn2c(-c3ccc(F)c(N[C@H]4CNC[C@@H]4F)n3)cnc2c1. The number of imidazole rings is 1. The molecule has 0 radical (unpaired) electrons. The second-order valence-electron chi connectivity index (χ2n) is 6.85. The first-order chi connectivity index (χ1) is 13.0. The van der Waals surface area contributed by atoms with Crippen LogP contribution in [0.25, 0.3) is 17.0 Å². The van der Waals surface area contributed by atoms with Crippen molar-refractivity contribution in [1.29, 1.82) is 0 Å². The van der Waals surface area contributed by atoms with Gasteiger partial charge in [0.2, 0.25) is 0 Å². The molecule has 0 amide bonds. The summed E-state index contributed by atoms with van der Waals surface area (Å²) in [5, 5.41) is 5.80. The largest absolute Gasteiger partial charge is 0.491 e. The van der Waals surface area contributed by atoms with Crippen molar-refractivity contribution in [3.05, 3.63) is 42.5 Å². The molecular weight excluding hydrogens is 352 g/mol. The van der Waals surface area contributed by atoms with E-state index in [9.17, 15) is 8.78 Å². The van der Waals surface area contributed by atoms with Gasteiger partial charge in [-0.25, -0.2) is 18.7 Å². The molecule has 2 N–H and O–H groups in total. The number of alkyl halides is 1. The van der Waals surface area contributed by atoms with E-state index >= 15 is 0 Å². The Morgan fingerprint density at radius 1 is 1.30 bits per heavy atom. The van der Waals surface area contributed by atoms with Crippen molar-refractivity contribution >= 4 is 11.5 Å². The fraction of sp³-hybridized carbons (Fsp3) is 0.368. The third kappa shape index (κ3) is 3.57. The molecular formula is C19H21F2N5O. The molecule has 1 fully saturated rings. The molecule has 0 aromatic carbocycles. The highest BCUT2D eigenvalue weighted by Gasteiger charge is 2.27. The first kappa shape index (κ1) is 17.7. The Morgan fingerprint density at radius 2 is 2.15 bits per heavy atom. The lowest BCUT2D eigenvalue weighted by Crippen LogP contribution is -2.30. The van der Waals surface area contributed by atoms with E-state index in [0.29, 0.717) is 23.6 Å². The molecule has 4 rings (SSSR count). The van der Waals surface area contributed by atoms with Crippen LogP contribution in [-0.4, -0.2) is 45.8 Å². The molecule has 0 bridgehead atoms. The number of rotatable bonds is 5. The van der Waals surface area contributed by atoms with Crippen molar-refractivity contribution in [3.8, 4) is 17.1 Å². The van der Waals surface area contributed by atoms with Gasteiger partial charge in [0.05, 0.1) is 29.7 Å².